The number of hydrogen-bond acceptors (Lipinski definition) is 6. The van der Waals surface area contributed by atoms with Gasteiger partial charge in [-0.2, -0.15) is 0 Å². The van der Waals surface area contributed by atoms with Crippen LogP contribution in [0.25, 0.3) is 11.0 Å². The van der Waals surface area contributed by atoms with E-state index >= 15 is 0 Å². The number of rotatable bonds is 2. The summed E-state index contributed by atoms with van der Waals surface area (Å²) in [6.45, 7) is 1.72. The molecule has 1 N–H and O–H groups in total. The molecule has 1 aliphatic rings. The van der Waals surface area contributed by atoms with E-state index in [1.54, 1.807) is 38.3 Å². The van der Waals surface area contributed by atoms with Gasteiger partial charge in [-0.1, -0.05) is 24.3 Å². The van der Waals surface area contributed by atoms with Gasteiger partial charge in [0, 0.05) is 11.5 Å². The molecule has 0 saturated heterocycles. The van der Waals surface area contributed by atoms with Crippen molar-refractivity contribution in [1.82, 2.24) is 0 Å². The second-order valence-corrected chi connectivity index (χ2v) is 6.98. The maximum Gasteiger partial charge on any atom is 0.342 e. The Hall–Kier alpha value is -3.80. The first kappa shape index (κ1) is 17.3. The van der Waals surface area contributed by atoms with Crippen molar-refractivity contribution in [2.45, 2.75) is 12.8 Å². The highest BCUT2D eigenvalue weighted by molar-refractivity contribution is 5.96. The van der Waals surface area contributed by atoms with Crippen LogP contribution in [-0.2, 0) is 0 Å². The Kier molecular flexibility index (Phi) is 3.81. The monoisotopic (exact) mass is 387 g/mol. The zero-order valence-electron chi connectivity index (χ0n) is 15.8. The van der Waals surface area contributed by atoms with Crippen LogP contribution < -0.4 is 21.3 Å². The van der Waals surface area contributed by atoms with Gasteiger partial charge in [0.1, 0.15) is 17.1 Å². The van der Waals surface area contributed by atoms with Crippen LogP contribution in [-0.4, -0.2) is 7.11 Å². The second-order valence-electron chi connectivity index (χ2n) is 6.98. The van der Waals surface area contributed by atoms with Crippen LogP contribution in [0.4, 0.5) is 11.4 Å². The van der Waals surface area contributed by atoms with Gasteiger partial charge in [-0.05, 0) is 36.8 Å². The Morgan fingerprint density at radius 3 is 2.41 bits per heavy atom. The average Bonchev–Trinajstić information content (AvgIpc) is 2.72. The normalized spacial score (nSPS) is 14.8. The Bertz CT molecular complexity index is 1370. The molecule has 0 spiro atoms. The molecule has 2 aromatic carbocycles. The number of hydrogen-bond donors (Lipinski definition) is 1. The Balaban J connectivity index is 1.88. The molecule has 0 radical (unpaired) electrons. The summed E-state index contributed by atoms with van der Waals surface area (Å²) in [5.74, 6) is 0.555. The molecule has 2 aromatic heterocycles. The van der Waals surface area contributed by atoms with Gasteiger partial charge in [-0.3, -0.25) is 0 Å². The fourth-order valence-electron chi connectivity index (χ4n) is 3.97. The average molecular weight is 387 g/mol. The molecule has 144 valence electrons. The van der Waals surface area contributed by atoms with Crippen LogP contribution in [0.15, 0.2) is 73.0 Å². The van der Waals surface area contributed by atoms with E-state index in [-0.39, 0.29) is 0 Å². The van der Waals surface area contributed by atoms with Crippen molar-refractivity contribution >= 4 is 22.3 Å². The summed E-state index contributed by atoms with van der Waals surface area (Å²) >= 11 is 0. The number of para-hydroxylation sites is 1. The van der Waals surface area contributed by atoms with E-state index in [2.05, 4.69) is 5.32 Å². The number of nitrogens with one attached hydrogen (secondary N) is 1. The molecular formula is C23H17NO5. The predicted octanol–water partition coefficient (Wildman–Crippen LogP) is 4.30. The first-order valence-corrected chi connectivity index (χ1v) is 9.18. The van der Waals surface area contributed by atoms with Gasteiger partial charge in [0.15, 0.2) is 0 Å². The number of methoxy groups -OCH3 is 1. The number of benzene rings is 2. The third-order valence-electron chi connectivity index (χ3n) is 5.25. The van der Waals surface area contributed by atoms with Gasteiger partial charge < -0.3 is 18.9 Å². The lowest BCUT2D eigenvalue weighted by molar-refractivity contribution is 0.414. The topological polar surface area (TPSA) is 81.7 Å². The molecule has 0 saturated carbocycles. The molecule has 1 unspecified atom stereocenters. The lowest BCUT2D eigenvalue weighted by Gasteiger charge is -2.28. The predicted molar refractivity (Wildman–Crippen MR) is 109 cm³/mol. The molecule has 0 amide bonds. The molecule has 1 atom stereocenters. The Morgan fingerprint density at radius 2 is 1.66 bits per heavy atom. The number of fused-ring (bicyclic) bond motifs is 4. The molecule has 1 aliphatic heterocycles. The zero-order valence-corrected chi connectivity index (χ0v) is 15.8. The molecule has 6 nitrogen and oxygen atoms in total. The first-order valence-electron chi connectivity index (χ1n) is 9.18. The molecule has 0 bridgehead atoms. The molecule has 5 rings (SSSR count). The summed E-state index contributed by atoms with van der Waals surface area (Å²) in [6.07, 6.45) is 0. The summed E-state index contributed by atoms with van der Waals surface area (Å²) in [5, 5.41) is 4.06. The highest BCUT2D eigenvalue weighted by Gasteiger charge is 2.35. The molecular weight excluding hydrogens is 370 g/mol. The lowest BCUT2D eigenvalue weighted by Crippen LogP contribution is -2.27. The maximum atomic E-state index is 13.0. The highest BCUT2D eigenvalue weighted by atomic mass is 16.5. The van der Waals surface area contributed by atoms with Gasteiger partial charge in [0.25, 0.3) is 0 Å². The third kappa shape index (κ3) is 2.64. The van der Waals surface area contributed by atoms with Crippen molar-refractivity contribution in [3.05, 3.63) is 97.9 Å². The van der Waals surface area contributed by atoms with Gasteiger partial charge in [0.2, 0.25) is 0 Å². The fourth-order valence-corrected chi connectivity index (χ4v) is 3.97. The summed E-state index contributed by atoms with van der Waals surface area (Å²) in [4.78, 5) is 25.8. The standard InChI is InChI=1S/C23H17NO5/c1-12-11-16-19(22(25)28-12)18(13-7-9-14(27-2)10-8-13)20-21(24-16)15-5-3-4-6-17(15)29-23(20)26/h3-11,18,24H,1-2H3. The van der Waals surface area contributed by atoms with Gasteiger partial charge >= 0.3 is 11.3 Å². The van der Waals surface area contributed by atoms with Crippen molar-refractivity contribution in [1.29, 1.82) is 0 Å². The quantitative estimate of drug-likeness (QED) is 0.455. The van der Waals surface area contributed by atoms with Crippen molar-refractivity contribution < 1.29 is 13.6 Å². The fraction of sp³-hybridized carbons (Fsp3) is 0.130. The minimum atomic E-state index is -0.620. The van der Waals surface area contributed by atoms with Gasteiger partial charge in [-0.15, -0.1) is 0 Å². The van der Waals surface area contributed by atoms with Crippen molar-refractivity contribution in [3.8, 4) is 5.75 Å². The Morgan fingerprint density at radius 1 is 0.931 bits per heavy atom. The maximum absolute atomic E-state index is 13.0. The van der Waals surface area contributed by atoms with E-state index in [0.717, 1.165) is 10.9 Å². The SMILES string of the molecule is COc1ccc(C2c3c(cc(C)oc3=O)Nc3c2c(=O)oc2ccccc32)cc1. The molecule has 6 heteroatoms. The van der Waals surface area contributed by atoms with Crippen LogP contribution in [0, 0.1) is 6.92 Å². The Labute approximate surface area is 165 Å². The largest absolute Gasteiger partial charge is 0.497 e. The van der Waals surface area contributed by atoms with Crippen molar-refractivity contribution in [3.63, 3.8) is 0 Å². The molecule has 4 aromatic rings. The summed E-state index contributed by atoms with van der Waals surface area (Å²) in [6, 6.07) is 16.4. The summed E-state index contributed by atoms with van der Waals surface area (Å²) in [5.41, 5.74) is 2.34. The minimum absolute atomic E-state index is 0.385. The number of ether oxygens (including phenoxy) is 1. The summed E-state index contributed by atoms with van der Waals surface area (Å²) < 4.78 is 16.2. The van der Waals surface area contributed by atoms with Crippen LogP contribution >= 0.6 is 0 Å². The third-order valence-corrected chi connectivity index (χ3v) is 5.25. The molecule has 3 heterocycles. The number of anilines is 2. The molecule has 0 fully saturated rings. The molecule has 0 aliphatic carbocycles. The van der Waals surface area contributed by atoms with Crippen LogP contribution in [0.1, 0.15) is 28.4 Å². The first-order chi connectivity index (χ1) is 14.1. The highest BCUT2D eigenvalue weighted by Crippen LogP contribution is 2.44. The van der Waals surface area contributed by atoms with Crippen LogP contribution in [0.5, 0.6) is 5.75 Å². The van der Waals surface area contributed by atoms with Crippen molar-refractivity contribution in [2.24, 2.45) is 0 Å². The van der Waals surface area contributed by atoms with Crippen LogP contribution in [0.2, 0.25) is 0 Å². The van der Waals surface area contributed by atoms with Crippen molar-refractivity contribution in [2.75, 3.05) is 12.4 Å². The summed E-state index contributed by atoms with van der Waals surface area (Å²) in [7, 11) is 1.59. The lowest BCUT2D eigenvalue weighted by atomic mass is 9.82. The van der Waals surface area contributed by atoms with E-state index in [4.69, 9.17) is 13.6 Å². The van der Waals surface area contributed by atoms with E-state index in [1.165, 1.54) is 0 Å². The van der Waals surface area contributed by atoms with E-state index in [1.807, 2.05) is 30.3 Å². The van der Waals surface area contributed by atoms with E-state index in [0.29, 0.717) is 39.6 Å². The van der Waals surface area contributed by atoms with Gasteiger partial charge in [0.05, 0.1) is 35.5 Å². The minimum Gasteiger partial charge on any atom is -0.497 e. The molecule has 29 heavy (non-hydrogen) atoms. The van der Waals surface area contributed by atoms with E-state index < -0.39 is 17.2 Å². The smallest absolute Gasteiger partial charge is 0.342 e. The van der Waals surface area contributed by atoms with E-state index in [9.17, 15) is 9.59 Å². The van der Waals surface area contributed by atoms with Crippen LogP contribution in [0.3, 0.4) is 0 Å². The second kappa shape index (κ2) is 6.38. The number of aryl methyl sites for hydroxylation is 1. The van der Waals surface area contributed by atoms with Gasteiger partial charge in [-0.25, -0.2) is 9.59 Å². The zero-order chi connectivity index (χ0) is 20.1.